The number of fused-ring (bicyclic) bond motifs is 11. The zero-order valence-corrected chi connectivity index (χ0v) is 27.5. The molecule has 0 atom stereocenters. The Morgan fingerprint density at radius 1 is 0.260 bits per heavy atom. The first-order valence-electron chi connectivity index (χ1n) is 17.4. The highest BCUT2D eigenvalue weighted by atomic mass is 15.1. The fraction of sp³-hybridized carbons (Fsp3) is 0. The molecule has 8 aromatic carbocycles. The lowest BCUT2D eigenvalue weighted by atomic mass is 9.43. The lowest BCUT2D eigenvalue weighted by Gasteiger charge is -2.44. The summed E-state index contributed by atoms with van der Waals surface area (Å²) in [5.41, 5.74) is 20.1. The van der Waals surface area contributed by atoms with E-state index in [-0.39, 0.29) is 6.85 Å². The first-order chi connectivity index (χ1) is 24.8. The Hall–Kier alpha value is -6.38. The van der Waals surface area contributed by atoms with Crippen LogP contribution < -0.4 is 15.7 Å². The van der Waals surface area contributed by atoms with Crippen LogP contribution in [0, 0.1) is 0 Å². The fourth-order valence-electron chi connectivity index (χ4n) is 8.07. The summed E-state index contributed by atoms with van der Waals surface area (Å²) in [5.74, 6) is 0. The molecule has 232 valence electrons. The van der Waals surface area contributed by atoms with E-state index in [1.165, 1.54) is 89.1 Å². The van der Waals surface area contributed by atoms with Crippen LogP contribution in [0.3, 0.4) is 0 Å². The molecule has 8 aromatic rings. The molecule has 1 nitrogen and oxygen atoms in total. The van der Waals surface area contributed by atoms with Crippen LogP contribution >= 0.6 is 0 Å². The monoisotopic (exact) mass is 633 g/mol. The van der Waals surface area contributed by atoms with Gasteiger partial charge in [-0.15, -0.1) is 0 Å². The van der Waals surface area contributed by atoms with Crippen LogP contribution in [-0.2, 0) is 0 Å². The van der Waals surface area contributed by atoms with Crippen molar-refractivity contribution in [2.75, 3.05) is 4.81 Å². The van der Waals surface area contributed by atoms with Gasteiger partial charge in [-0.05, 0) is 103 Å². The standard InChI is InChI=1S/C48H32BN/c1-5-13-33(14-6-1)37-21-25-45-41(29-37)43-31-39(35-17-9-3-10-18-35)23-27-47(43)50-48-28-24-40(36-19-11-4-12-20-36)32-44(48)42-30-38(22-26-46(42)49(45)50)34-15-7-2-8-16-34/h1-32H. The SMILES string of the molecule is c1ccc(-c2ccc3c(c2)-c2cc(-c4ccccc4)ccc2N2B3c3ccc(-c4ccccc4)cc3-c3cc(-c4ccccc4)ccc32)cc1. The van der Waals surface area contributed by atoms with Crippen molar-refractivity contribution in [3.05, 3.63) is 194 Å². The Bertz CT molecular complexity index is 2170. The average Bonchev–Trinajstić information content (AvgIpc) is 3.21. The fourth-order valence-corrected chi connectivity index (χ4v) is 8.07. The quantitative estimate of drug-likeness (QED) is 0.174. The lowest BCUT2D eigenvalue weighted by molar-refractivity contribution is 1.35. The molecular formula is C48H32BN. The summed E-state index contributed by atoms with van der Waals surface area (Å²) in [5, 5.41) is 0. The summed E-state index contributed by atoms with van der Waals surface area (Å²) in [7, 11) is 0. The number of benzene rings is 8. The molecule has 0 fully saturated rings. The molecule has 0 bridgehead atoms. The van der Waals surface area contributed by atoms with Crippen LogP contribution in [0.4, 0.5) is 11.4 Å². The molecule has 50 heavy (non-hydrogen) atoms. The third kappa shape index (κ3) is 4.64. The molecule has 2 aliphatic heterocycles. The smallest absolute Gasteiger partial charge is 0.329 e. The molecule has 2 heteroatoms. The van der Waals surface area contributed by atoms with Crippen molar-refractivity contribution in [2.45, 2.75) is 0 Å². The largest absolute Gasteiger partial charge is 0.376 e. The second-order valence-electron chi connectivity index (χ2n) is 13.3. The second kappa shape index (κ2) is 11.6. The van der Waals surface area contributed by atoms with E-state index in [0.29, 0.717) is 0 Å². The van der Waals surface area contributed by atoms with E-state index in [2.05, 4.69) is 199 Å². The van der Waals surface area contributed by atoms with Gasteiger partial charge in [0.25, 0.3) is 0 Å². The summed E-state index contributed by atoms with van der Waals surface area (Å²) < 4.78 is 0. The van der Waals surface area contributed by atoms with E-state index in [4.69, 9.17) is 0 Å². The normalized spacial score (nSPS) is 12.3. The topological polar surface area (TPSA) is 3.24 Å². The Kier molecular flexibility index (Phi) is 6.67. The highest BCUT2D eigenvalue weighted by Crippen LogP contribution is 2.48. The van der Waals surface area contributed by atoms with Crippen molar-refractivity contribution < 1.29 is 0 Å². The predicted octanol–water partition coefficient (Wildman–Crippen LogP) is 11.3. The molecule has 0 radical (unpaired) electrons. The Balaban J connectivity index is 1.24. The number of anilines is 2. The number of nitrogens with zero attached hydrogens (tertiary/aromatic N) is 1. The van der Waals surface area contributed by atoms with Crippen LogP contribution in [0.2, 0.25) is 0 Å². The van der Waals surface area contributed by atoms with Gasteiger partial charge in [0.15, 0.2) is 0 Å². The number of hydrogen-bond acceptors (Lipinski definition) is 1. The van der Waals surface area contributed by atoms with Gasteiger partial charge in [-0.3, -0.25) is 0 Å². The van der Waals surface area contributed by atoms with Gasteiger partial charge in [0, 0.05) is 22.5 Å². The minimum absolute atomic E-state index is 0.0276. The van der Waals surface area contributed by atoms with Crippen LogP contribution in [0.1, 0.15) is 0 Å². The van der Waals surface area contributed by atoms with Crippen molar-refractivity contribution in [1.29, 1.82) is 0 Å². The van der Waals surface area contributed by atoms with Gasteiger partial charge >= 0.3 is 6.85 Å². The summed E-state index contributed by atoms with van der Waals surface area (Å²) in [4.78, 5) is 2.60. The Morgan fingerprint density at radius 2 is 0.560 bits per heavy atom. The first-order valence-corrected chi connectivity index (χ1v) is 17.4. The maximum Gasteiger partial charge on any atom is 0.329 e. The minimum atomic E-state index is 0.0276. The van der Waals surface area contributed by atoms with E-state index >= 15 is 0 Å². The maximum absolute atomic E-state index is 2.60. The highest BCUT2D eigenvalue weighted by Gasteiger charge is 2.42. The molecule has 2 aliphatic rings. The van der Waals surface area contributed by atoms with Gasteiger partial charge in [0.2, 0.25) is 0 Å². The van der Waals surface area contributed by atoms with Gasteiger partial charge < -0.3 is 4.81 Å². The summed E-state index contributed by atoms with van der Waals surface area (Å²) in [6.45, 7) is 0.0276. The molecule has 0 saturated carbocycles. The third-order valence-electron chi connectivity index (χ3n) is 10.5. The van der Waals surface area contributed by atoms with Crippen LogP contribution in [0.25, 0.3) is 66.8 Å². The van der Waals surface area contributed by atoms with Gasteiger partial charge in [-0.2, -0.15) is 0 Å². The first kappa shape index (κ1) is 28.6. The molecule has 0 saturated heterocycles. The van der Waals surface area contributed by atoms with Crippen molar-refractivity contribution in [1.82, 2.24) is 0 Å². The maximum atomic E-state index is 2.60. The molecule has 2 heterocycles. The Morgan fingerprint density at radius 3 is 0.900 bits per heavy atom. The molecule has 0 aliphatic carbocycles. The minimum Gasteiger partial charge on any atom is -0.376 e. The van der Waals surface area contributed by atoms with Crippen molar-refractivity contribution in [2.24, 2.45) is 0 Å². The molecule has 0 unspecified atom stereocenters. The predicted molar refractivity (Wildman–Crippen MR) is 213 cm³/mol. The van der Waals surface area contributed by atoms with Gasteiger partial charge in [-0.25, -0.2) is 0 Å². The van der Waals surface area contributed by atoms with E-state index in [9.17, 15) is 0 Å². The van der Waals surface area contributed by atoms with Crippen molar-refractivity contribution in [3.63, 3.8) is 0 Å². The third-order valence-corrected chi connectivity index (χ3v) is 10.5. The highest BCUT2D eigenvalue weighted by molar-refractivity contribution is 6.92. The van der Waals surface area contributed by atoms with E-state index in [1.54, 1.807) is 0 Å². The zero-order valence-electron chi connectivity index (χ0n) is 27.5. The summed E-state index contributed by atoms with van der Waals surface area (Å²) >= 11 is 0. The number of rotatable bonds is 4. The molecular weight excluding hydrogens is 601 g/mol. The molecule has 0 amide bonds. The lowest BCUT2D eigenvalue weighted by Crippen LogP contribution is -2.59. The van der Waals surface area contributed by atoms with Gasteiger partial charge in [0.1, 0.15) is 0 Å². The van der Waals surface area contributed by atoms with Gasteiger partial charge in [0.05, 0.1) is 0 Å². The zero-order chi connectivity index (χ0) is 33.0. The Labute approximate surface area is 293 Å². The van der Waals surface area contributed by atoms with Crippen LogP contribution in [0.15, 0.2) is 194 Å². The molecule has 0 spiro atoms. The van der Waals surface area contributed by atoms with Crippen molar-refractivity contribution in [3.8, 4) is 66.8 Å². The molecule has 0 N–H and O–H groups in total. The van der Waals surface area contributed by atoms with Gasteiger partial charge in [-0.1, -0.05) is 158 Å². The van der Waals surface area contributed by atoms with E-state index < -0.39 is 0 Å². The van der Waals surface area contributed by atoms with Crippen LogP contribution in [-0.4, -0.2) is 6.85 Å². The number of hydrogen-bond donors (Lipinski definition) is 0. The average molecular weight is 634 g/mol. The van der Waals surface area contributed by atoms with Crippen molar-refractivity contribution >= 4 is 29.1 Å². The van der Waals surface area contributed by atoms with E-state index in [0.717, 1.165) is 0 Å². The molecule has 10 rings (SSSR count). The van der Waals surface area contributed by atoms with E-state index in [1.807, 2.05) is 0 Å². The van der Waals surface area contributed by atoms with Crippen LogP contribution in [0.5, 0.6) is 0 Å². The summed E-state index contributed by atoms with van der Waals surface area (Å²) in [6.07, 6.45) is 0. The molecule has 0 aromatic heterocycles. The summed E-state index contributed by atoms with van der Waals surface area (Å²) in [6, 6.07) is 71.3. The second-order valence-corrected chi connectivity index (χ2v) is 13.3.